The fourth-order valence-electron chi connectivity index (χ4n) is 5.93. The van der Waals surface area contributed by atoms with Crippen molar-refractivity contribution in [3.63, 3.8) is 0 Å². The number of carbonyl (C=O) groups excluding carboxylic acids is 1. The third-order valence-electron chi connectivity index (χ3n) is 7.78. The smallest absolute Gasteiger partial charge is 0.164 e. The van der Waals surface area contributed by atoms with Crippen LogP contribution in [0.3, 0.4) is 0 Å². The van der Waals surface area contributed by atoms with E-state index in [1.165, 1.54) is 18.4 Å². The molecular formula is C20H32O2. The third kappa shape index (κ3) is 2.13. The Morgan fingerprint density at radius 1 is 1.27 bits per heavy atom. The van der Waals surface area contributed by atoms with E-state index in [1.54, 1.807) is 6.92 Å². The predicted molar refractivity (Wildman–Crippen MR) is 89.4 cm³/mol. The van der Waals surface area contributed by atoms with Crippen molar-refractivity contribution in [2.45, 2.75) is 78.7 Å². The SMILES string of the molecule is CC(C)=CCCC(C)(O)C(=O)CCC1(C)C2CC3C(C2)C31C. The maximum Gasteiger partial charge on any atom is 0.164 e. The van der Waals surface area contributed by atoms with E-state index in [0.29, 0.717) is 23.7 Å². The summed E-state index contributed by atoms with van der Waals surface area (Å²) in [5.41, 5.74) is 0.933. The normalized spacial score (nSPS) is 43.8. The van der Waals surface area contributed by atoms with Crippen LogP contribution in [0, 0.1) is 28.6 Å². The van der Waals surface area contributed by atoms with Crippen molar-refractivity contribution in [1.82, 2.24) is 0 Å². The first-order valence-corrected chi connectivity index (χ1v) is 9.02. The largest absolute Gasteiger partial charge is 0.382 e. The van der Waals surface area contributed by atoms with Crippen LogP contribution in [0.4, 0.5) is 0 Å². The van der Waals surface area contributed by atoms with Crippen LogP contribution in [-0.4, -0.2) is 16.5 Å². The number of hydrogen-bond acceptors (Lipinski definition) is 2. The number of Topliss-reactive ketones (excluding diaryl/α,β-unsaturated/α-hetero) is 1. The zero-order valence-electron chi connectivity index (χ0n) is 14.9. The van der Waals surface area contributed by atoms with Crippen LogP contribution >= 0.6 is 0 Å². The quantitative estimate of drug-likeness (QED) is 0.702. The Labute approximate surface area is 135 Å². The monoisotopic (exact) mass is 304 g/mol. The van der Waals surface area contributed by atoms with E-state index < -0.39 is 5.60 Å². The van der Waals surface area contributed by atoms with Crippen LogP contribution in [0.1, 0.15) is 73.1 Å². The Morgan fingerprint density at radius 2 is 1.86 bits per heavy atom. The van der Waals surface area contributed by atoms with Gasteiger partial charge in [-0.25, -0.2) is 0 Å². The topological polar surface area (TPSA) is 37.3 Å². The van der Waals surface area contributed by atoms with E-state index in [0.717, 1.165) is 30.6 Å². The summed E-state index contributed by atoms with van der Waals surface area (Å²) in [6.07, 6.45) is 7.72. The van der Waals surface area contributed by atoms with Crippen LogP contribution in [0.15, 0.2) is 11.6 Å². The van der Waals surface area contributed by atoms with E-state index in [1.807, 2.05) is 0 Å². The summed E-state index contributed by atoms with van der Waals surface area (Å²) >= 11 is 0. The van der Waals surface area contributed by atoms with Gasteiger partial charge in [-0.2, -0.15) is 0 Å². The predicted octanol–water partition coefficient (Wildman–Crippen LogP) is 4.52. The van der Waals surface area contributed by atoms with Gasteiger partial charge in [0.25, 0.3) is 0 Å². The molecule has 0 spiro atoms. The molecule has 2 heteroatoms. The van der Waals surface area contributed by atoms with Crippen LogP contribution in [0.25, 0.3) is 0 Å². The molecule has 0 amide bonds. The molecule has 0 aromatic heterocycles. The van der Waals surface area contributed by atoms with Gasteiger partial charge >= 0.3 is 0 Å². The highest BCUT2D eigenvalue weighted by Gasteiger charge is 2.80. The zero-order valence-corrected chi connectivity index (χ0v) is 14.9. The molecule has 4 rings (SSSR count). The fourth-order valence-corrected chi connectivity index (χ4v) is 5.93. The Bertz CT molecular complexity index is 500. The molecule has 22 heavy (non-hydrogen) atoms. The fraction of sp³-hybridized carbons (Fsp3) is 0.850. The second-order valence-electron chi connectivity index (χ2n) is 9.10. The standard InChI is InChI=1S/C20H32O2/c1-13(2)7-6-9-19(4,22)17(21)8-10-18(3)14-11-15-16(12-14)20(15,18)5/h7,14-16,22H,6,8-12H2,1-5H3. The van der Waals surface area contributed by atoms with E-state index in [4.69, 9.17) is 0 Å². The van der Waals surface area contributed by atoms with Gasteiger partial charge < -0.3 is 5.11 Å². The van der Waals surface area contributed by atoms with Crippen molar-refractivity contribution in [3.05, 3.63) is 11.6 Å². The van der Waals surface area contributed by atoms with Crippen LogP contribution < -0.4 is 0 Å². The molecule has 4 bridgehead atoms. The summed E-state index contributed by atoms with van der Waals surface area (Å²) in [6.45, 7) is 10.7. The van der Waals surface area contributed by atoms with E-state index in [2.05, 4.69) is 33.8 Å². The van der Waals surface area contributed by atoms with Crippen molar-refractivity contribution < 1.29 is 9.90 Å². The van der Waals surface area contributed by atoms with Gasteiger partial charge in [0.2, 0.25) is 0 Å². The molecule has 0 aromatic carbocycles. The van der Waals surface area contributed by atoms with Gasteiger partial charge in [0.1, 0.15) is 5.60 Å². The highest BCUT2D eigenvalue weighted by molar-refractivity contribution is 5.86. The van der Waals surface area contributed by atoms with Gasteiger partial charge in [-0.05, 0) is 81.5 Å². The molecule has 0 heterocycles. The van der Waals surface area contributed by atoms with Crippen molar-refractivity contribution in [2.75, 3.05) is 0 Å². The van der Waals surface area contributed by atoms with Crippen LogP contribution in [0.5, 0.6) is 0 Å². The summed E-state index contributed by atoms with van der Waals surface area (Å²) in [5.74, 6) is 2.75. The van der Waals surface area contributed by atoms with Crippen molar-refractivity contribution in [2.24, 2.45) is 28.6 Å². The summed E-state index contributed by atoms with van der Waals surface area (Å²) in [7, 11) is 0. The average molecular weight is 304 g/mol. The van der Waals surface area contributed by atoms with Gasteiger partial charge in [0.05, 0.1) is 0 Å². The minimum Gasteiger partial charge on any atom is -0.382 e. The number of ketones is 1. The number of allylic oxidation sites excluding steroid dienone is 2. The van der Waals surface area contributed by atoms with E-state index >= 15 is 0 Å². The maximum atomic E-state index is 12.5. The van der Waals surface area contributed by atoms with Crippen LogP contribution in [0.2, 0.25) is 0 Å². The Balaban J connectivity index is 1.55. The summed E-state index contributed by atoms with van der Waals surface area (Å²) < 4.78 is 0. The third-order valence-corrected chi connectivity index (χ3v) is 7.78. The molecule has 0 saturated heterocycles. The second-order valence-corrected chi connectivity index (χ2v) is 9.10. The minimum atomic E-state index is -1.16. The molecule has 4 aliphatic carbocycles. The van der Waals surface area contributed by atoms with Gasteiger partial charge in [-0.1, -0.05) is 25.5 Å². The summed E-state index contributed by atoms with van der Waals surface area (Å²) in [6, 6.07) is 0. The molecule has 4 unspecified atom stereocenters. The molecule has 124 valence electrons. The highest BCUT2D eigenvalue weighted by atomic mass is 16.3. The molecule has 1 N–H and O–H groups in total. The lowest BCUT2D eigenvalue weighted by Crippen LogP contribution is -2.37. The first kappa shape index (κ1) is 16.2. The summed E-state index contributed by atoms with van der Waals surface area (Å²) in [5, 5.41) is 10.5. The Morgan fingerprint density at radius 3 is 2.32 bits per heavy atom. The van der Waals surface area contributed by atoms with Gasteiger partial charge in [-0.3, -0.25) is 4.79 Å². The molecule has 4 atom stereocenters. The molecule has 0 aromatic rings. The van der Waals surface area contributed by atoms with Gasteiger partial charge in [0.15, 0.2) is 5.78 Å². The average Bonchev–Trinajstić information content (AvgIpc) is 2.77. The number of aliphatic hydroxyl groups is 1. The number of rotatable bonds is 7. The molecule has 0 aliphatic heterocycles. The first-order chi connectivity index (χ1) is 10.1. The zero-order chi connectivity index (χ0) is 16.3. The Hall–Kier alpha value is -0.630. The molecule has 0 radical (unpaired) electrons. The second kappa shape index (κ2) is 4.93. The number of hydrogen-bond donors (Lipinski definition) is 1. The van der Waals surface area contributed by atoms with Gasteiger partial charge in [0, 0.05) is 6.42 Å². The molecule has 4 saturated carbocycles. The molecular weight excluding hydrogens is 272 g/mol. The minimum absolute atomic E-state index is 0.0424. The van der Waals surface area contributed by atoms with Gasteiger partial charge in [-0.15, -0.1) is 0 Å². The summed E-state index contributed by atoms with van der Waals surface area (Å²) in [4.78, 5) is 12.5. The lowest BCUT2D eigenvalue weighted by atomic mass is 9.70. The van der Waals surface area contributed by atoms with Crippen molar-refractivity contribution in [1.29, 1.82) is 0 Å². The van der Waals surface area contributed by atoms with E-state index in [9.17, 15) is 9.90 Å². The number of carbonyl (C=O) groups is 1. The Kier molecular flexibility index (Phi) is 3.64. The highest BCUT2D eigenvalue weighted by Crippen LogP contribution is 2.87. The lowest BCUT2D eigenvalue weighted by molar-refractivity contribution is -0.137. The maximum absolute atomic E-state index is 12.5. The molecule has 4 fully saturated rings. The lowest BCUT2D eigenvalue weighted by Gasteiger charge is -2.35. The molecule has 2 nitrogen and oxygen atoms in total. The van der Waals surface area contributed by atoms with E-state index in [-0.39, 0.29) is 5.78 Å². The van der Waals surface area contributed by atoms with Crippen LogP contribution in [-0.2, 0) is 4.79 Å². The first-order valence-electron chi connectivity index (χ1n) is 9.02. The van der Waals surface area contributed by atoms with Crippen molar-refractivity contribution in [3.8, 4) is 0 Å². The van der Waals surface area contributed by atoms with Crippen molar-refractivity contribution >= 4 is 5.78 Å². The molecule has 4 aliphatic rings.